The molecule has 188 valence electrons. The van der Waals surface area contributed by atoms with E-state index in [2.05, 4.69) is 12.2 Å². The van der Waals surface area contributed by atoms with Crippen LogP contribution in [0.15, 0.2) is 0 Å². The molecule has 0 atom stereocenters. The molecular weight excluding hydrogens is 378 g/mol. The third kappa shape index (κ3) is 29.9. The lowest BCUT2D eigenvalue weighted by Crippen LogP contribution is -2.17. The summed E-state index contributed by atoms with van der Waals surface area (Å²) in [4.78, 5) is 0. The van der Waals surface area contributed by atoms with Gasteiger partial charge in [-0.25, -0.2) is 0 Å². The van der Waals surface area contributed by atoms with Crippen LogP contribution in [0.2, 0.25) is 0 Å². The third-order valence-corrected chi connectivity index (χ3v) is 6.72. The van der Waals surface area contributed by atoms with Crippen molar-refractivity contribution < 1.29 is 5.11 Å². The Labute approximate surface area is 197 Å². The highest BCUT2D eigenvalue weighted by Crippen LogP contribution is 2.15. The van der Waals surface area contributed by atoms with Crippen LogP contribution >= 0.6 is 0 Å². The quantitative estimate of drug-likeness (QED) is 0.119. The molecule has 0 fully saturated rings. The van der Waals surface area contributed by atoms with Crippen LogP contribution in [-0.4, -0.2) is 24.8 Å². The first-order valence-electron chi connectivity index (χ1n) is 14.7. The first-order chi connectivity index (χ1) is 15.4. The number of hydrogen-bond donors (Lipinski definition) is 2. The highest BCUT2D eigenvalue weighted by Gasteiger charge is 1.96. The third-order valence-electron chi connectivity index (χ3n) is 6.72. The Morgan fingerprint density at radius 2 is 0.613 bits per heavy atom. The van der Waals surface area contributed by atoms with Gasteiger partial charge < -0.3 is 10.4 Å². The van der Waals surface area contributed by atoms with Crippen LogP contribution in [0.5, 0.6) is 0 Å². The normalized spacial score (nSPS) is 11.4. The van der Waals surface area contributed by atoms with Crippen LogP contribution in [0.3, 0.4) is 0 Å². The van der Waals surface area contributed by atoms with E-state index in [-0.39, 0.29) is 0 Å². The molecule has 0 saturated heterocycles. The first-order valence-corrected chi connectivity index (χ1v) is 14.7. The van der Waals surface area contributed by atoms with E-state index < -0.39 is 0 Å². The van der Waals surface area contributed by atoms with Gasteiger partial charge in [0.2, 0.25) is 0 Å². The maximum atomic E-state index is 8.72. The lowest BCUT2D eigenvalue weighted by molar-refractivity contribution is 0.286. The van der Waals surface area contributed by atoms with Gasteiger partial charge in [0, 0.05) is 6.61 Å². The van der Waals surface area contributed by atoms with Crippen molar-refractivity contribution in [1.82, 2.24) is 5.32 Å². The van der Waals surface area contributed by atoms with E-state index in [1.807, 2.05) is 0 Å². The molecule has 0 aromatic carbocycles. The van der Waals surface area contributed by atoms with Gasteiger partial charge in [0.15, 0.2) is 0 Å². The fourth-order valence-electron chi connectivity index (χ4n) is 4.54. The first kappa shape index (κ1) is 30.9. The van der Waals surface area contributed by atoms with E-state index in [0.717, 1.165) is 19.5 Å². The number of hydrogen-bond acceptors (Lipinski definition) is 2. The molecule has 2 N–H and O–H groups in total. The zero-order chi connectivity index (χ0) is 22.5. The molecule has 0 heterocycles. The van der Waals surface area contributed by atoms with Crippen molar-refractivity contribution in [3.8, 4) is 0 Å². The average Bonchev–Trinajstić information content (AvgIpc) is 2.78. The van der Waals surface area contributed by atoms with Gasteiger partial charge in [0.1, 0.15) is 0 Å². The second-order valence-corrected chi connectivity index (χ2v) is 9.96. The largest absolute Gasteiger partial charge is 0.396 e. The Hall–Kier alpha value is -0.0800. The Morgan fingerprint density at radius 1 is 0.355 bits per heavy atom. The molecule has 0 rings (SSSR count). The summed E-state index contributed by atoms with van der Waals surface area (Å²) < 4.78 is 0. The molecule has 0 aliphatic carbocycles. The molecule has 0 aliphatic rings. The minimum absolute atomic E-state index is 0.312. The summed E-state index contributed by atoms with van der Waals surface area (Å²) in [5.74, 6) is 0. The van der Waals surface area contributed by atoms with E-state index >= 15 is 0 Å². The maximum Gasteiger partial charge on any atom is 0.0443 e. The zero-order valence-corrected chi connectivity index (χ0v) is 21.7. The number of aliphatic hydroxyl groups excluding tert-OH is 1. The van der Waals surface area contributed by atoms with Gasteiger partial charge in [-0.15, -0.1) is 0 Å². The molecule has 0 bridgehead atoms. The summed E-state index contributed by atoms with van der Waals surface area (Å²) in [7, 11) is 0. The minimum Gasteiger partial charge on any atom is -0.396 e. The predicted octanol–water partition coefficient (Wildman–Crippen LogP) is 9.34. The highest BCUT2D eigenvalue weighted by molar-refractivity contribution is 4.52. The fourth-order valence-corrected chi connectivity index (χ4v) is 4.54. The molecule has 0 aromatic heterocycles. The summed E-state index contributed by atoms with van der Waals surface area (Å²) in [5, 5.41) is 12.1. The van der Waals surface area contributed by atoms with Gasteiger partial charge in [-0.1, -0.05) is 155 Å². The Balaban J connectivity index is 2.98. The monoisotopic (exact) mass is 439 g/mol. The number of unbranched alkanes of at least 4 members (excludes halogenated alkanes) is 23. The lowest BCUT2D eigenvalue weighted by Gasteiger charge is -2.05. The van der Waals surface area contributed by atoms with Crippen molar-refractivity contribution in [2.45, 2.75) is 167 Å². The number of nitrogens with one attached hydrogen (secondary N) is 1. The van der Waals surface area contributed by atoms with Crippen LogP contribution < -0.4 is 5.32 Å². The van der Waals surface area contributed by atoms with E-state index in [1.54, 1.807) is 0 Å². The molecule has 0 amide bonds. The molecule has 0 aromatic rings. The van der Waals surface area contributed by atoms with Gasteiger partial charge >= 0.3 is 0 Å². The molecule has 0 radical (unpaired) electrons. The summed E-state index contributed by atoms with van der Waals surface area (Å²) in [5.41, 5.74) is 0. The van der Waals surface area contributed by atoms with Crippen LogP contribution in [0, 0.1) is 0 Å². The van der Waals surface area contributed by atoms with Crippen molar-refractivity contribution in [1.29, 1.82) is 0 Å². The average molecular weight is 440 g/mol. The van der Waals surface area contributed by atoms with Crippen molar-refractivity contribution in [2.75, 3.05) is 19.7 Å². The highest BCUT2D eigenvalue weighted by atomic mass is 16.3. The Bertz CT molecular complexity index is 266. The van der Waals surface area contributed by atoms with Crippen LogP contribution in [0.25, 0.3) is 0 Å². The second-order valence-electron chi connectivity index (χ2n) is 9.96. The Morgan fingerprint density at radius 3 is 0.903 bits per heavy atom. The number of aliphatic hydroxyl groups is 1. The zero-order valence-electron chi connectivity index (χ0n) is 21.7. The van der Waals surface area contributed by atoms with E-state index in [9.17, 15) is 0 Å². The summed E-state index contributed by atoms with van der Waals surface area (Å²) >= 11 is 0. The second kappa shape index (κ2) is 29.9. The van der Waals surface area contributed by atoms with Gasteiger partial charge in [-0.3, -0.25) is 0 Å². The van der Waals surface area contributed by atoms with Crippen molar-refractivity contribution in [3.63, 3.8) is 0 Å². The number of rotatable bonds is 28. The molecule has 2 heteroatoms. The molecule has 0 saturated carbocycles. The predicted molar refractivity (Wildman–Crippen MR) is 141 cm³/mol. The smallest absolute Gasteiger partial charge is 0.0443 e. The van der Waals surface area contributed by atoms with Crippen LogP contribution in [0.4, 0.5) is 0 Å². The molecule has 31 heavy (non-hydrogen) atoms. The molecule has 0 spiro atoms. The molecule has 0 unspecified atom stereocenters. The van der Waals surface area contributed by atoms with E-state index in [0.29, 0.717) is 6.61 Å². The van der Waals surface area contributed by atoms with Crippen molar-refractivity contribution in [3.05, 3.63) is 0 Å². The standard InChI is InChI=1S/C29H61NO/c1-2-3-4-5-6-7-8-9-10-11-12-13-14-15-16-17-18-19-20-21-22-23-24-25-27-30-28-26-29-31/h30-31H,2-29H2,1H3. The van der Waals surface area contributed by atoms with Gasteiger partial charge in [0.05, 0.1) is 0 Å². The summed E-state index contributed by atoms with van der Waals surface area (Å²) in [6, 6.07) is 0. The van der Waals surface area contributed by atoms with Gasteiger partial charge in [-0.05, 0) is 25.9 Å². The fraction of sp³-hybridized carbons (Fsp3) is 1.00. The van der Waals surface area contributed by atoms with E-state index in [1.165, 1.54) is 154 Å². The SMILES string of the molecule is CCCCCCCCCCCCCCCCCCCCCCCCCCNCCCO. The lowest BCUT2D eigenvalue weighted by atomic mass is 10.0. The Kier molecular flexibility index (Phi) is 29.8. The topological polar surface area (TPSA) is 32.3 Å². The molecular formula is C29H61NO. The maximum absolute atomic E-state index is 8.72. The summed E-state index contributed by atoms with van der Waals surface area (Å²) in [6.45, 7) is 4.70. The van der Waals surface area contributed by atoms with Gasteiger partial charge in [0.25, 0.3) is 0 Å². The van der Waals surface area contributed by atoms with Crippen LogP contribution in [-0.2, 0) is 0 Å². The van der Waals surface area contributed by atoms with E-state index in [4.69, 9.17) is 5.11 Å². The van der Waals surface area contributed by atoms with Crippen molar-refractivity contribution >= 4 is 0 Å². The molecule has 2 nitrogen and oxygen atoms in total. The van der Waals surface area contributed by atoms with Crippen LogP contribution in [0.1, 0.15) is 167 Å². The van der Waals surface area contributed by atoms with Crippen molar-refractivity contribution in [2.24, 2.45) is 0 Å². The summed E-state index contributed by atoms with van der Waals surface area (Å²) in [6.07, 6.45) is 35.7. The molecule has 0 aliphatic heterocycles. The van der Waals surface area contributed by atoms with Gasteiger partial charge in [-0.2, -0.15) is 0 Å². The minimum atomic E-state index is 0.312.